The number of aromatic nitrogens is 3. The van der Waals surface area contributed by atoms with E-state index in [4.69, 9.17) is 4.52 Å². The summed E-state index contributed by atoms with van der Waals surface area (Å²) in [5.41, 5.74) is 0.590. The van der Waals surface area contributed by atoms with Gasteiger partial charge in [0.15, 0.2) is 5.76 Å². The highest BCUT2D eigenvalue weighted by Gasteiger charge is 2.12. The van der Waals surface area contributed by atoms with E-state index in [1.165, 1.54) is 11.3 Å². The van der Waals surface area contributed by atoms with Gasteiger partial charge in [0.05, 0.1) is 17.0 Å². The molecular formula is C12H10N4O2S2. The highest BCUT2D eigenvalue weighted by atomic mass is 32.1. The Morgan fingerprint density at radius 1 is 1.45 bits per heavy atom. The van der Waals surface area contributed by atoms with E-state index in [-0.39, 0.29) is 12.3 Å². The Balaban J connectivity index is 1.64. The van der Waals surface area contributed by atoms with E-state index in [0.717, 1.165) is 9.88 Å². The smallest absolute Gasteiger partial charge is 0.232 e. The van der Waals surface area contributed by atoms with Crippen molar-refractivity contribution in [1.82, 2.24) is 15.4 Å². The molecule has 20 heavy (non-hydrogen) atoms. The average molecular weight is 306 g/mol. The predicted octanol–water partition coefficient (Wildman–Crippen LogP) is 2.74. The molecule has 1 amide bonds. The molecule has 0 aliphatic carbocycles. The zero-order valence-corrected chi connectivity index (χ0v) is 12.1. The fraction of sp³-hybridized carbons (Fsp3) is 0.167. The summed E-state index contributed by atoms with van der Waals surface area (Å²) in [5.74, 6) is 0.488. The number of hydrogen-bond acceptors (Lipinski definition) is 7. The van der Waals surface area contributed by atoms with Crippen molar-refractivity contribution in [2.45, 2.75) is 13.3 Å². The molecule has 0 radical (unpaired) electrons. The molecule has 3 aromatic heterocycles. The molecular weight excluding hydrogens is 296 g/mol. The van der Waals surface area contributed by atoms with Crippen molar-refractivity contribution in [1.29, 1.82) is 0 Å². The van der Waals surface area contributed by atoms with E-state index in [0.29, 0.717) is 16.6 Å². The van der Waals surface area contributed by atoms with Crippen molar-refractivity contribution in [2.75, 3.05) is 5.32 Å². The Labute approximate surface area is 122 Å². The molecule has 3 aromatic rings. The Morgan fingerprint density at radius 3 is 3.05 bits per heavy atom. The third kappa shape index (κ3) is 2.91. The van der Waals surface area contributed by atoms with Gasteiger partial charge in [-0.05, 0) is 18.4 Å². The first-order chi connectivity index (χ1) is 9.70. The molecule has 102 valence electrons. The molecule has 0 fully saturated rings. The monoisotopic (exact) mass is 306 g/mol. The van der Waals surface area contributed by atoms with Gasteiger partial charge in [-0.15, -0.1) is 21.5 Å². The molecule has 0 unspecified atom stereocenters. The molecule has 0 aliphatic heterocycles. The van der Waals surface area contributed by atoms with Gasteiger partial charge in [-0.25, -0.2) is 0 Å². The third-order valence-corrected chi connectivity index (χ3v) is 4.08. The molecule has 0 aliphatic rings. The summed E-state index contributed by atoms with van der Waals surface area (Å²) in [5, 5.41) is 17.5. The minimum atomic E-state index is -0.188. The molecule has 3 rings (SSSR count). The maximum Gasteiger partial charge on any atom is 0.232 e. The number of amides is 1. The summed E-state index contributed by atoms with van der Waals surface area (Å²) in [6.45, 7) is 1.83. The van der Waals surface area contributed by atoms with Gasteiger partial charge < -0.3 is 9.84 Å². The third-order valence-electron chi connectivity index (χ3n) is 2.44. The summed E-state index contributed by atoms with van der Waals surface area (Å²) >= 11 is 2.90. The van der Waals surface area contributed by atoms with Crippen molar-refractivity contribution in [3.8, 4) is 10.6 Å². The molecule has 0 saturated heterocycles. The van der Waals surface area contributed by atoms with Crippen LogP contribution in [0.1, 0.15) is 10.7 Å². The molecule has 6 nitrogen and oxygen atoms in total. The average Bonchev–Trinajstić information content (AvgIpc) is 3.10. The van der Waals surface area contributed by atoms with Crippen molar-refractivity contribution >= 4 is 33.7 Å². The molecule has 3 heterocycles. The highest BCUT2D eigenvalue weighted by Crippen LogP contribution is 2.25. The van der Waals surface area contributed by atoms with E-state index >= 15 is 0 Å². The molecule has 0 spiro atoms. The second-order valence-corrected chi connectivity index (χ2v) is 6.14. The number of hydrogen-bond donors (Lipinski definition) is 1. The molecule has 8 heteroatoms. The van der Waals surface area contributed by atoms with Crippen molar-refractivity contribution in [3.05, 3.63) is 34.3 Å². The number of carbonyl (C=O) groups excluding carboxylic acids is 1. The summed E-state index contributed by atoms with van der Waals surface area (Å²) in [6, 6.07) is 5.66. The minimum absolute atomic E-state index is 0.146. The second kappa shape index (κ2) is 5.51. The number of rotatable bonds is 4. The quantitative estimate of drug-likeness (QED) is 0.801. The number of nitrogens with zero attached hydrogens (tertiary/aromatic N) is 3. The number of anilines is 1. The lowest BCUT2D eigenvalue weighted by Gasteiger charge is -1.96. The SMILES string of the molecule is Cc1nnc(NC(=O)Cc2cc(-c3cccs3)on2)s1. The second-order valence-electron chi connectivity index (χ2n) is 4.01. The summed E-state index contributed by atoms with van der Waals surface area (Å²) in [6.07, 6.45) is 0.146. The first-order valence-corrected chi connectivity index (χ1v) is 7.50. The first-order valence-electron chi connectivity index (χ1n) is 5.80. The first kappa shape index (κ1) is 12.9. The Kier molecular flexibility index (Phi) is 3.57. The lowest BCUT2D eigenvalue weighted by Crippen LogP contribution is -2.14. The van der Waals surface area contributed by atoms with Crippen LogP contribution in [0.5, 0.6) is 0 Å². The number of thiophene rings is 1. The van der Waals surface area contributed by atoms with Gasteiger partial charge in [0.1, 0.15) is 5.01 Å². The maximum atomic E-state index is 11.8. The molecule has 0 atom stereocenters. The molecule has 1 N–H and O–H groups in total. The summed E-state index contributed by atoms with van der Waals surface area (Å²) < 4.78 is 5.22. The molecule has 0 bridgehead atoms. The molecule has 0 aromatic carbocycles. The van der Waals surface area contributed by atoms with Gasteiger partial charge in [-0.3, -0.25) is 4.79 Å². The molecule has 0 saturated carbocycles. The Morgan fingerprint density at radius 2 is 2.35 bits per heavy atom. The summed E-state index contributed by atoms with van der Waals surface area (Å²) in [4.78, 5) is 12.8. The van der Waals surface area contributed by atoms with E-state index in [2.05, 4.69) is 20.7 Å². The minimum Gasteiger partial charge on any atom is -0.355 e. The van der Waals surface area contributed by atoms with Gasteiger partial charge in [-0.1, -0.05) is 22.6 Å². The van der Waals surface area contributed by atoms with E-state index in [9.17, 15) is 4.79 Å². The van der Waals surface area contributed by atoms with Crippen molar-refractivity contribution < 1.29 is 9.32 Å². The lowest BCUT2D eigenvalue weighted by atomic mass is 10.2. The van der Waals surface area contributed by atoms with Crippen LogP contribution >= 0.6 is 22.7 Å². The Hall–Kier alpha value is -2.06. The maximum absolute atomic E-state index is 11.8. The van der Waals surface area contributed by atoms with Crippen LogP contribution in [-0.4, -0.2) is 21.3 Å². The topological polar surface area (TPSA) is 80.9 Å². The van der Waals surface area contributed by atoms with Gasteiger partial charge in [-0.2, -0.15) is 0 Å². The number of nitrogens with one attached hydrogen (secondary N) is 1. The van der Waals surface area contributed by atoms with Crippen molar-refractivity contribution in [2.24, 2.45) is 0 Å². The van der Waals surface area contributed by atoms with Crippen molar-refractivity contribution in [3.63, 3.8) is 0 Å². The predicted molar refractivity (Wildman–Crippen MR) is 76.8 cm³/mol. The normalized spacial score (nSPS) is 10.7. The van der Waals surface area contributed by atoms with Crippen LogP contribution < -0.4 is 5.32 Å². The van der Waals surface area contributed by atoms with Crippen LogP contribution in [-0.2, 0) is 11.2 Å². The van der Waals surface area contributed by atoms with E-state index < -0.39 is 0 Å². The zero-order chi connectivity index (χ0) is 13.9. The van der Waals surface area contributed by atoms with Crippen LogP contribution in [0.15, 0.2) is 28.1 Å². The number of carbonyl (C=O) groups is 1. The standard InChI is InChI=1S/C12H10N4O2S2/c1-7-14-15-12(20-7)13-11(17)6-8-5-9(18-16-8)10-3-2-4-19-10/h2-5H,6H2,1H3,(H,13,15,17). The van der Waals surface area contributed by atoms with Crippen LogP contribution in [0.2, 0.25) is 0 Å². The highest BCUT2D eigenvalue weighted by molar-refractivity contribution is 7.15. The van der Waals surface area contributed by atoms with Gasteiger partial charge >= 0.3 is 0 Å². The van der Waals surface area contributed by atoms with E-state index in [1.807, 2.05) is 24.4 Å². The van der Waals surface area contributed by atoms with Gasteiger partial charge in [0.25, 0.3) is 0 Å². The zero-order valence-electron chi connectivity index (χ0n) is 10.5. The number of aryl methyl sites for hydroxylation is 1. The van der Waals surface area contributed by atoms with Crippen LogP contribution in [0, 0.1) is 6.92 Å². The van der Waals surface area contributed by atoms with Crippen LogP contribution in [0.3, 0.4) is 0 Å². The lowest BCUT2D eigenvalue weighted by molar-refractivity contribution is -0.115. The van der Waals surface area contributed by atoms with Gasteiger partial charge in [0, 0.05) is 6.07 Å². The fourth-order valence-electron chi connectivity index (χ4n) is 1.61. The van der Waals surface area contributed by atoms with E-state index in [1.54, 1.807) is 17.4 Å². The Bertz CT molecular complexity index is 717. The van der Waals surface area contributed by atoms with Gasteiger partial charge in [0.2, 0.25) is 11.0 Å². The largest absolute Gasteiger partial charge is 0.355 e. The summed E-state index contributed by atoms with van der Waals surface area (Å²) in [7, 11) is 0. The van der Waals surface area contributed by atoms with Crippen LogP contribution in [0.4, 0.5) is 5.13 Å². The van der Waals surface area contributed by atoms with Crippen LogP contribution in [0.25, 0.3) is 10.6 Å². The fourth-order valence-corrected chi connectivity index (χ4v) is 2.89.